The van der Waals surface area contributed by atoms with Gasteiger partial charge < -0.3 is 15.0 Å². The molecule has 1 heterocycles. The van der Waals surface area contributed by atoms with Gasteiger partial charge in [-0.2, -0.15) is 0 Å². The van der Waals surface area contributed by atoms with Crippen LogP contribution in [0, 0.1) is 0 Å². The number of piperazine rings is 1. The minimum absolute atomic E-state index is 0.0528. The van der Waals surface area contributed by atoms with Gasteiger partial charge in [-0.1, -0.05) is 18.2 Å². The number of hydrogen-bond acceptors (Lipinski definition) is 4. The zero-order valence-electron chi connectivity index (χ0n) is 15.7. The van der Waals surface area contributed by atoms with E-state index in [2.05, 4.69) is 10.2 Å². The Kier molecular flexibility index (Phi) is 6.08. The Morgan fingerprint density at radius 3 is 2.11 bits per heavy atom. The number of ether oxygens (including phenoxy) is 1. The van der Waals surface area contributed by atoms with Crippen molar-refractivity contribution >= 4 is 17.5 Å². The lowest BCUT2D eigenvalue weighted by Gasteiger charge is -2.37. The fourth-order valence-electron chi connectivity index (χ4n) is 3.07. The third-order valence-corrected chi connectivity index (χ3v) is 4.79. The Hall–Kier alpha value is -2.86. The van der Waals surface area contributed by atoms with E-state index < -0.39 is 0 Å². The van der Waals surface area contributed by atoms with Crippen molar-refractivity contribution in [3.8, 4) is 11.5 Å². The number of nitrogens with one attached hydrogen (secondary N) is 1. The molecular formula is C21H25N3O3. The number of hydrogen-bond donors (Lipinski definition) is 1. The molecule has 0 aromatic heterocycles. The number of anilines is 1. The fraction of sp³-hybridized carbons (Fsp3) is 0.333. The zero-order valence-corrected chi connectivity index (χ0v) is 15.7. The smallest absolute Gasteiger partial charge is 0.241 e. The molecule has 3 rings (SSSR count). The summed E-state index contributed by atoms with van der Waals surface area (Å²) in [5, 5.41) is 2.95. The molecule has 142 valence electrons. The van der Waals surface area contributed by atoms with Gasteiger partial charge in [-0.05, 0) is 43.3 Å². The summed E-state index contributed by atoms with van der Waals surface area (Å²) in [4.78, 5) is 27.9. The van der Waals surface area contributed by atoms with Crippen LogP contribution in [0.25, 0.3) is 0 Å². The number of rotatable bonds is 5. The number of carbonyl (C=O) groups excluding carboxylic acids is 2. The second kappa shape index (κ2) is 8.68. The van der Waals surface area contributed by atoms with E-state index in [0.717, 1.165) is 11.4 Å². The minimum atomic E-state index is -0.251. The molecule has 1 aliphatic rings. The van der Waals surface area contributed by atoms with Crippen molar-refractivity contribution in [1.29, 1.82) is 0 Å². The molecule has 0 aliphatic carbocycles. The highest BCUT2D eigenvalue weighted by atomic mass is 16.5. The topological polar surface area (TPSA) is 61.9 Å². The van der Waals surface area contributed by atoms with Crippen LogP contribution in [0.3, 0.4) is 0 Å². The Morgan fingerprint density at radius 2 is 1.52 bits per heavy atom. The maximum Gasteiger partial charge on any atom is 0.241 e. The van der Waals surface area contributed by atoms with E-state index >= 15 is 0 Å². The Morgan fingerprint density at radius 1 is 0.926 bits per heavy atom. The highest BCUT2D eigenvalue weighted by molar-refractivity contribution is 5.94. The lowest BCUT2D eigenvalue weighted by Crippen LogP contribution is -2.53. The average molecular weight is 367 g/mol. The van der Waals surface area contributed by atoms with Gasteiger partial charge in [0.1, 0.15) is 11.5 Å². The standard InChI is InChI=1S/C21H25N3O3/c1-16(23-12-14-24(15-13-23)17(2)25)21(26)22-18-8-10-20(11-9-18)27-19-6-4-3-5-7-19/h3-11,16H,12-15H2,1-2H3,(H,22,26). The Bertz CT molecular complexity index is 769. The van der Waals surface area contributed by atoms with E-state index in [4.69, 9.17) is 4.74 Å². The highest BCUT2D eigenvalue weighted by Crippen LogP contribution is 2.22. The summed E-state index contributed by atoms with van der Waals surface area (Å²) in [6.07, 6.45) is 0. The molecule has 27 heavy (non-hydrogen) atoms. The number of carbonyl (C=O) groups is 2. The monoisotopic (exact) mass is 367 g/mol. The first kappa shape index (κ1) is 18.9. The molecule has 0 spiro atoms. The van der Waals surface area contributed by atoms with Crippen LogP contribution in [-0.4, -0.2) is 53.8 Å². The van der Waals surface area contributed by atoms with Crippen LogP contribution in [0.4, 0.5) is 5.69 Å². The van der Waals surface area contributed by atoms with E-state index in [0.29, 0.717) is 31.9 Å². The van der Waals surface area contributed by atoms with Gasteiger partial charge in [0.15, 0.2) is 0 Å². The molecule has 0 saturated carbocycles. The predicted octanol–water partition coefficient (Wildman–Crippen LogP) is 2.97. The van der Waals surface area contributed by atoms with Gasteiger partial charge in [0.2, 0.25) is 11.8 Å². The van der Waals surface area contributed by atoms with E-state index in [1.54, 1.807) is 6.92 Å². The summed E-state index contributed by atoms with van der Waals surface area (Å²) in [7, 11) is 0. The summed E-state index contributed by atoms with van der Waals surface area (Å²) in [6, 6.07) is 16.6. The molecule has 6 heteroatoms. The second-order valence-corrected chi connectivity index (χ2v) is 6.65. The predicted molar refractivity (Wildman–Crippen MR) is 105 cm³/mol. The molecule has 2 amide bonds. The van der Waals surface area contributed by atoms with Gasteiger partial charge in [0.05, 0.1) is 6.04 Å². The quantitative estimate of drug-likeness (QED) is 0.883. The summed E-state index contributed by atoms with van der Waals surface area (Å²) >= 11 is 0. The first-order chi connectivity index (χ1) is 13.0. The molecule has 6 nitrogen and oxygen atoms in total. The van der Waals surface area contributed by atoms with Crippen molar-refractivity contribution in [3.05, 3.63) is 54.6 Å². The Labute approximate surface area is 159 Å². The molecule has 2 aromatic carbocycles. The van der Waals surface area contributed by atoms with E-state index in [1.807, 2.05) is 66.4 Å². The van der Waals surface area contributed by atoms with E-state index in [1.165, 1.54) is 0 Å². The van der Waals surface area contributed by atoms with Crippen molar-refractivity contribution in [3.63, 3.8) is 0 Å². The first-order valence-electron chi connectivity index (χ1n) is 9.16. The number of benzene rings is 2. The number of para-hydroxylation sites is 1. The molecule has 1 atom stereocenters. The first-order valence-corrected chi connectivity index (χ1v) is 9.16. The van der Waals surface area contributed by atoms with Gasteiger partial charge in [-0.25, -0.2) is 0 Å². The van der Waals surface area contributed by atoms with Crippen LogP contribution < -0.4 is 10.1 Å². The molecule has 0 radical (unpaired) electrons. The van der Waals surface area contributed by atoms with Crippen molar-refractivity contribution in [2.75, 3.05) is 31.5 Å². The van der Waals surface area contributed by atoms with Crippen molar-refractivity contribution in [2.24, 2.45) is 0 Å². The molecule has 1 N–H and O–H groups in total. The summed E-state index contributed by atoms with van der Waals surface area (Å²) in [6.45, 7) is 6.22. The van der Waals surface area contributed by atoms with Crippen LogP contribution in [0.2, 0.25) is 0 Å². The Balaban J connectivity index is 1.52. The van der Waals surface area contributed by atoms with Crippen LogP contribution in [-0.2, 0) is 9.59 Å². The van der Waals surface area contributed by atoms with Crippen molar-refractivity contribution < 1.29 is 14.3 Å². The van der Waals surface area contributed by atoms with E-state index in [-0.39, 0.29) is 17.9 Å². The molecule has 1 fully saturated rings. The van der Waals surface area contributed by atoms with Gasteiger partial charge >= 0.3 is 0 Å². The third kappa shape index (κ3) is 5.08. The van der Waals surface area contributed by atoms with Crippen LogP contribution in [0.5, 0.6) is 11.5 Å². The third-order valence-electron chi connectivity index (χ3n) is 4.79. The molecular weight excluding hydrogens is 342 g/mol. The lowest BCUT2D eigenvalue weighted by molar-refractivity contribution is -0.131. The maximum atomic E-state index is 12.5. The zero-order chi connectivity index (χ0) is 19.2. The molecule has 1 unspecified atom stereocenters. The van der Waals surface area contributed by atoms with Gasteiger partial charge in [0.25, 0.3) is 0 Å². The van der Waals surface area contributed by atoms with Crippen LogP contribution >= 0.6 is 0 Å². The number of amides is 2. The van der Waals surface area contributed by atoms with Gasteiger partial charge in [-0.15, -0.1) is 0 Å². The van der Waals surface area contributed by atoms with Crippen LogP contribution in [0.15, 0.2) is 54.6 Å². The van der Waals surface area contributed by atoms with Crippen molar-refractivity contribution in [2.45, 2.75) is 19.9 Å². The number of nitrogens with zero attached hydrogens (tertiary/aromatic N) is 2. The van der Waals surface area contributed by atoms with Crippen LogP contribution in [0.1, 0.15) is 13.8 Å². The minimum Gasteiger partial charge on any atom is -0.457 e. The summed E-state index contributed by atoms with van der Waals surface area (Å²) in [5.41, 5.74) is 0.731. The second-order valence-electron chi connectivity index (χ2n) is 6.65. The lowest BCUT2D eigenvalue weighted by atomic mass is 10.2. The summed E-state index contributed by atoms with van der Waals surface area (Å²) in [5.74, 6) is 1.52. The largest absolute Gasteiger partial charge is 0.457 e. The summed E-state index contributed by atoms with van der Waals surface area (Å²) < 4.78 is 5.76. The fourth-order valence-corrected chi connectivity index (χ4v) is 3.07. The SMILES string of the molecule is CC(=O)N1CCN(C(C)C(=O)Nc2ccc(Oc3ccccc3)cc2)CC1. The molecule has 2 aromatic rings. The maximum absolute atomic E-state index is 12.5. The molecule has 1 aliphatic heterocycles. The molecule has 0 bridgehead atoms. The average Bonchev–Trinajstić information content (AvgIpc) is 2.69. The van der Waals surface area contributed by atoms with Gasteiger partial charge in [0, 0.05) is 38.8 Å². The highest BCUT2D eigenvalue weighted by Gasteiger charge is 2.26. The van der Waals surface area contributed by atoms with Gasteiger partial charge in [-0.3, -0.25) is 14.5 Å². The molecule has 1 saturated heterocycles. The van der Waals surface area contributed by atoms with E-state index in [9.17, 15) is 9.59 Å². The normalized spacial score (nSPS) is 15.9. The van der Waals surface area contributed by atoms with Crippen molar-refractivity contribution in [1.82, 2.24) is 9.80 Å².